The molecule has 0 spiro atoms. The first-order chi connectivity index (χ1) is 8.38. The number of benzene rings is 2. The second-order valence-electron chi connectivity index (χ2n) is 3.85. The van der Waals surface area contributed by atoms with E-state index in [0.29, 0.717) is 6.54 Å². The molecule has 84 valence electrons. The lowest BCUT2D eigenvalue weighted by atomic mass is 10.1. The maximum absolute atomic E-state index is 5.51. The van der Waals surface area contributed by atoms with Crippen LogP contribution in [-0.4, -0.2) is 6.54 Å². The summed E-state index contributed by atoms with van der Waals surface area (Å²) in [5.41, 5.74) is 8.84. The molecule has 0 heterocycles. The van der Waals surface area contributed by atoms with E-state index in [4.69, 9.17) is 5.73 Å². The Morgan fingerprint density at radius 2 is 1.35 bits per heavy atom. The SMILES string of the molecule is NCCc1ccc(C#Cc2ccccc2)cc1. The molecule has 0 aliphatic heterocycles. The van der Waals surface area contributed by atoms with E-state index in [9.17, 15) is 0 Å². The van der Waals surface area contributed by atoms with Crippen molar-refractivity contribution in [2.24, 2.45) is 5.73 Å². The molecule has 0 aromatic heterocycles. The predicted octanol–water partition coefficient (Wildman–Crippen LogP) is 2.59. The van der Waals surface area contributed by atoms with E-state index in [2.05, 4.69) is 24.0 Å². The first kappa shape index (κ1) is 11.4. The zero-order valence-corrected chi connectivity index (χ0v) is 9.69. The van der Waals surface area contributed by atoms with Gasteiger partial charge in [-0.25, -0.2) is 0 Å². The first-order valence-electron chi connectivity index (χ1n) is 5.74. The summed E-state index contributed by atoms with van der Waals surface area (Å²) >= 11 is 0. The van der Waals surface area contributed by atoms with Gasteiger partial charge in [-0.15, -0.1) is 0 Å². The third-order valence-corrected chi connectivity index (χ3v) is 2.51. The molecule has 0 radical (unpaired) electrons. The molecule has 17 heavy (non-hydrogen) atoms. The summed E-state index contributed by atoms with van der Waals surface area (Å²) in [5.74, 6) is 6.29. The van der Waals surface area contributed by atoms with Gasteiger partial charge in [0.1, 0.15) is 0 Å². The molecule has 0 aliphatic carbocycles. The van der Waals surface area contributed by atoms with Crippen LogP contribution < -0.4 is 5.73 Å². The molecule has 2 aromatic rings. The van der Waals surface area contributed by atoms with Gasteiger partial charge in [0, 0.05) is 11.1 Å². The van der Waals surface area contributed by atoms with Gasteiger partial charge in [0.2, 0.25) is 0 Å². The van der Waals surface area contributed by atoms with Crippen molar-refractivity contribution in [3.63, 3.8) is 0 Å². The molecule has 0 saturated heterocycles. The third-order valence-electron chi connectivity index (χ3n) is 2.51. The molecular formula is C16H15N. The highest BCUT2D eigenvalue weighted by atomic mass is 14.5. The molecular weight excluding hydrogens is 206 g/mol. The molecule has 0 saturated carbocycles. The van der Waals surface area contributed by atoms with Crippen LogP contribution in [0.4, 0.5) is 0 Å². The Bertz CT molecular complexity index is 515. The molecule has 0 unspecified atom stereocenters. The molecule has 0 aliphatic rings. The van der Waals surface area contributed by atoms with Crippen molar-refractivity contribution in [2.45, 2.75) is 6.42 Å². The zero-order valence-electron chi connectivity index (χ0n) is 9.69. The Morgan fingerprint density at radius 1 is 0.765 bits per heavy atom. The molecule has 1 heteroatoms. The van der Waals surface area contributed by atoms with Gasteiger partial charge in [-0.3, -0.25) is 0 Å². The van der Waals surface area contributed by atoms with Crippen molar-refractivity contribution in [3.05, 3.63) is 71.3 Å². The van der Waals surface area contributed by atoms with Gasteiger partial charge in [-0.1, -0.05) is 42.2 Å². The minimum atomic E-state index is 0.690. The maximum Gasteiger partial charge on any atom is 0.0249 e. The first-order valence-corrected chi connectivity index (χ1v) is 5.74. The highest BCUT2D eigenvalue weighted by Gasteiger charge is 1.91. The average Bonchev–Trinajstić information content (AvgIpc) is 2.40. The van der Waals surface area contributed by atoms with Crippen molar-refractivity contribution in [3.8, 4) is 11.8 Å². The van der Waals surface area contributed by atoms with Crippen LogP contribution >= 0.6 is 0 Å². The van der Waals surface area contributed by atoms with Crippen LogP contribution in [0.1, 0.15) is 16.7 Å². The van der Waals surface area contributed by atoms with E-state index in [1.165, 1.54) is 5.56 Å². The Labute approximate surface area is 102 Å². The van der Waals surface area contributed by atoms with Crippen LogP contribution in [0.3, 0.4) is 0 Å². The topological polar surface area (TPSA) is 26.0 Å². The van der Waals surface area contributed by atoms with E-state index in [-0.39, 0.29) is 0 Å². The molecule has 0 amide bonds. The Hall–Kier alpha value is -2.04. The monoisotopic (exact) mass is 221 g/mol. The minimum Gasteiger partial charge on any atom is -0.330 e. The fourth-order valence-corrected chi connectivity index (χ4v) is 1.59. The van der Waals surface area contributed by atoms with Crippen molar-refractivity contribution in [1.29, 1.82) is 0 Å². The van der Waals surface area contributed by atoms with Gasteiger partial charge >= 0.3 is 0 Å². The van der Waals surface area contributed by atoms with E-state index < -0.39 is 0 Å². The van der Waals surface area contributed by atoms with Crippen molar-refractivity contribution < 1.29 is 0 Å². The number of nitrogens with two attached hydrogens (primary N) is 1. The molecule has 0 atom stereocenters. The highest BCUT2D eigenvalue weighted by molar-refractivity contribution is 5.43. The fourth-order valence-electron chi connectivity index (χ4n) is 1.59. The Morgan fingerprint density at radius 3 is 1.94 bits per heavy atom. The predicted molar refractivity (Wildman–Crippen MR) is 71.6 cm³/mol. The van der Waals surface area contributed by atoms with Crippen molar-refractivity contribution >= 4 is 0 Å². The van der Waals surface area contributed by atoms with Gasteiger partial charge in [-0.2, -0.15) is 0 Å². The van der Waals surface area contributed by atoms with Crippen LogP contribution in [0.15, 0.2) is 54.6 Å². The van der Waals surface area contributed by atoms with Gasteiger partial charge < -0.3 is 5.73 Å². The second-order valence-corrected chi connectivity index (χ2v) is 3.85. The normalized spacial score (nSPS) is 9.47. The zero-order chi connectivity index (χ0) is 11.9. The lowest BCUT2D eigenvalue weighted by Gasteiger charge is -1.97. The van der Waals surface area contributed by atoms with Gasteiger partial charge in [0.25, 0.3) is 0 Å². The summed E-state index contributed by atoms with van der Waals surface area (Å²) in [6.07, 6.45) is 0.923. The minimum absolute atomic E-state index is 0.690. The number of hydrogen-bond acceptors (Lipinski definition) is 1. The Balaban J connectivity index is 2.12. The summed E-state index contributed by atoms with van der Waals surface area (Å²) in [7, 11) is 0. The van der Waals surface area contributed by atoms with Crippen LogP contribution in [-0.2, 0) is 6.42 Å². The van der Waals surface area contributed by atoms with Crippen LogP contribution in [0, 0.1) is 11.8 Å². The maximum atomic E-state index is 5.51. The second kappa shape index (κ2) is 5.89. The smallest absolute Gasteiger partial charge is 0.0249 e. The van der Waals surface area contributed by atoms with E-state index in [0.717, 1.165) is 17.5 Å². The third kappa shape index (κ3) is 3.48. The molecule has 0 bridgehead atoms. The largest absolute Gasteiger partial charge is 0.330 e. The van der Waals surface area contributed by atoms with Crippen molar-refractivity contribution in [1.82, 2.24) is 0 Å². The molecule has 1 nitrogen and oxygen atoms in total. The highest BCUT2D eigenvalue weighted by Crippen LogP contribution is 2.04. The molecule has 0 fully saturated rings. The summed E-state index contributed by atoms with van der Waals surface area (Å²) in [6, 6.07) is 18.3. The standard InChI is InChI=1S/C16H15N/c17-13-12-16-10-8-15(9-11-16)7-6-14-4-2-1-3-5-14/h1-5,8-11H,12-13,17H2. The van der Waals surface area contributed by atoms with E-state index in [1.807, 2.05) is 42.5 Å². The molecule has 2 N–H and O–H groups in total. The molecule has 2 rings (SSSR count). The average molecular weight is 221 g/mol. The summed E-state index contributed by atoms with van der Waals surface area (Å²) in [4.78, 5) is 0. The lowest BCUT2D eigenvalue weighted by Crippen LogP contribution is -2.02. The van der Waals surface area contributed by atoms with Crippen LogP contribution in [0.2, 0.25) is 0 Å². The van der Waals surface area contributed by atoms with Gasteiger partial charge in [-0.05, 0) is 42.8 Å². The summed E-state index contributed by atoms with van der Waals surface area (Å²) in [5, 5.41) is 0. The number of hydrogen-bond donors (Lipinski definition) is 1. The summed E-state index contributed by atoms with van der Waals surface area (Å²) < 4.78 is 0. The summed E-state index contributed by atoms with van der Waals surface area (Å²) in [6.45, 7) is 0.690. The van der Waals surface area contributed by atoms with Crippen molar-refractivity contribution in [2.75, 3.05) is 6.54 Å². The quantitative estimate of drug-likeness (QED) is 0.775. The lowest BCUT2D eigenvalue weighted by molar-refractivity contribution is 0.969. The van der Waals surface area contributed by atoms with E-state index >= 15 is 0 Å². The van der Waals surface area contributed by atoms with Gasteiger partial charge in [0.15, 0.2) is 0 Å². The number of rotatable bonds is 2. The van der Waals surface area contributed by atoms with Crippen LogP contribution in [0.25, 0.3) is 0 Å². The van der Waals surface area contributed by atoms with Crippen LogP contribution in [0.5, 0.6) is 0 Å². The molecule has 2 aromatic carbocycles. The Kier molecular flexibility index (Phi) is 3.96. The van der Waals surface area contributed by atoms with Gasteiger partial charge in [0.05, 0.1) is 0 Å². The fraction of sp³-hybridized carbons (Fsp3) is 0.125. The van der Waals surface area contributed by atoms with E-state index in [1.54, 1.807) is 0 Å².